The van der Waals surface area contributed by atoms with Gasteiger partial charge in [-0.15, -0.1) is 0 Å². The summed E-state index contributed by atoms with van der Waals surface area (Å²) >= 11 is 1.54. The van der Waals surface area contributed by atoms with Gasteiger partial charge in [-0.1, -0.05) is 42.1 Å². The lowest BCUT2D eigenvalue weighted by Crippen LogP contribution is -2.44. The molecule has 1 amide bonds. The van der Waals surface area contributed by atoms with Crippen LogP contribution in [0.4, 0.5) is 0 Å². The normalized spacial score (nSPS) is 18.1. The fraction of sp³-hybridized carbons (Fsp3) is 0.421. The second-order valence-corrected chi connectivity index (χ2v) is 7.67. The van der Waals surface area contributed by atoms with Crippen molar-refractivity contribution in [3.05, 3.63) is 58.0 Å². The van der Waals surface area contributed by atoms with Gasteiger partial charge in [0.2, 0.25) is 0 Å². The number of rotatable bonds is 5. The Morgan fingerprint density at radius 2 is 2.00 bits per heavy atom. The van der Waals surface area contributed by atoms with E-state index in [1.807, 2.05) is 30.3 Å². The topological polar surface area (TPSA) is 76.5 Å². The molecule has 2 aromatic rings. The Hall–Kier alpha value is -2.16. The van der Waals surface area contributed by atoms with Crippen LogP contribution in [0.15, 0.2) is 46.5 Å². The highest BCUT2D eigenvalue weighted by molar-refractivity contribution is 7.99. The van der Waals surface area contributed by atoms with Crippen molar-refractivity contribution >= 4 is 17.7 Å². The summed E-state index contributed by atoms with van der Waals surface area (Å²) in [6.45, 7) is 4.34. The van der Waals surface area contributed by atoms with Crippen molar-refractivity contribution in [3.63, 3.8) is 0 Å². The number of morpholine rings is 1. The van der Waals surface area contributed by atoms with Crippen molar-refractivity contribution < 1.29 is 9.53 Å². The van der Waals surface area contributed by atoms with Gasteiger partial charge in [-0.05, 0) is 5.56 Å². The van der Waals surface area contributed by atoms with Gasteiger partial charge in [0.25, 0.3) is 11.5 Å². The van der Waals surface area contributed by atoms with Gasteiger partial charge < -0.3 is 10.1 Å². The van der Waals surface area contributed by atoms with Crippen molar-refractivity contribution in [2.24, 2.45) is 0 Å². The molecule has 3 heterocycles. The first-order valence-corrected chi connectivity index (χ1v) is 10.1. The molecule has 0 saturated carbocycles. The molecule has 7 nitrogen and oxygen atoms in total. The molecule has 1 aromatic carbocycles. The summed E-state index contributed by atoms with van der Waals surface area (Å²) in [6, 6.07) is 9.65. The fourth-order valence-corrected chi connectivity index (χ4v) is 4.28. The highest BCUT2D eigenvalue weighted by Gasteiger charge is 2.24. The Morgan fingerprint density at radius 1 is 1.22 bits per heavy atom. The Kier molecular flexibility index (Phi) is 5.56. The van der Waals surface area contributed by atoms with E-state index in [0.29, 0.717) is 31.5 Å². The van der Waals surface area contributed by atoms with Crippen LogP contribution in [0.2, 0.25) is 0 Å². The number of thioether (sulfide) groups is 1. The predicted octanol–water partition coefficient (Wildman–Crippen LogP) is 1.15. The molecule has 1 saturated heterocycles. The van der Waals surface area contributed by atoms with Gasteiger partial charge in [-0.25, -0.2) is 4.98 Å². The van der Waals surface area contributed by atoms with Gasteiger partial charge in [0.1, 0.15) is 5.56 Å². The van der Waals surface area contributed by atoms with Gasteiger partial charge in [-0.2, -0.15) is 0 Å². The van der Waals surface area contributed by atoms with Crippen LogP contribution in [0.3, 0.4) is 0 Å². The minimum absolute atomic E-state index is 0.101. The molecular weight excluding hydrogens is 364 g/mol. The molecule has 27 heavy (non-hydrogen) atoms. The number of fused-ring (bicyclic) bond motifs is 1. The number of aromatic nitrogens is 2. The van der Waals surface area contributed by atoms with Gasteiger partial charge in [0.05, 0.1) is 19.3 Å². The molecular formula is C19H22N4O3S. The predicted molar refractivity (Wildman–Crippen MR) is 103 cm³/mol. The zero-order valence-corrected chi connectivity index (χ0v) is 15.8. The van der Waals surface area contributed by atoms with Crippen molar-refractivity contribution in [1.82, 2.24) is 19.8 Å². The number of benzene rings is 1. The molecule has 1 atom stereocenters. The summed E-state index contributed by atoms with van der Waals surface area (Å²) in [5.74, 6) is 0.443. The quantitative estimate of drug-likeness (QED) is 0.777. The van der Waals surface area contributed by atoms with Crippen LogP contribution in [-0.2, 0) is 11.3 Å². The van der Waals surface area contributed by atoms with Gasteiger partial charge in [-0.3, -0.25) is 19.1 Å². The van der Waals surface area contributed by atoms with E-state index in [2.05, 4.69) is 15.2 Å². The van der Waals surface area contributed by atoms with Crippen LogP contribution < -0.4 is 10.9 Å². The van der Waals surface area contributed by atoms with Gasteiger partial charge in [0.15, 0.2) is 5.16 Å². The zero-order chi connectivity index (χ0) is 18.6. The number of carbonyl (C=O) groups is 1. The molecule has 0 radical (unpaired) electrons. The molecule has 4 rings (SSSR count). The summed E-state index contributed by atoms with van der Waals surface area (Å²) < 4.78 is 6.99. The highest BCUT2D eigenvalue weighted by Crippen LogP contribution is 2.21. The number of carbonyl (C=O) groups excluding carboxylic acids is 1. The van der Waals surface area contributed by atoms with E-state index in [1.165, 1.54) is 18.0 Å². The summed E-state index contributed by atoms with van der Waals surface area (Å²) in [5.41, 5.74) is 0.854. The largest absolute Gasteiger partial charge is 0.379 e. The molecule has 0 bridgehead atoms. The second kappa shape index (κ2) is 8.24. The first-order valence-electron chi connectivity index (χ1n) is 9.11. The molecule has 0 unspecified atom stereocenters. The van der Waals surface area contributed by atoms with Gasteiger partial charge in [0, 0.05) is 38.1 Å². The first kappa shape index (κ1) is 18.2. The third kappa shape index (κ3) is 4.07. The molecule has 8 heteroatoms. The lowest BCUT2D eigenvalue weighted by Gasteiger charge is -2.31. The Labute approximate surface area is 161 Å². The van der Waals surface area contributed by atoms with Crippen molar-refractivity contribution in [1.29, 1.82) is 0 Å². The summed E-state index contributed by atoms with van der Waals surface area (Å²) in [5, 5.41) is 3.73. The molecule has 1 fully saturated rings. The second-order valence-electron chi connectivity index (χ2n) is 6.61. The van der Waals surface area contributed by atoms with E-state index < -0.39 is 0 Å². The number of hydrogen-bond acceptors (Lipinski definition) is 6. The van der Waals surface area contributed by atoms with Crippen LogP contribution in [-0.4, -0.2) is 59.0 Å². The maximum absolute atomic E-state index is 12.9. The highest BCUT2D eigenvalue weighted by atomic mass is 32.2. The molecule has 142 valence electrons. The van der Waals surface area contributed by atoms with Crippen LogP contribution in [0.25, 0.3) is 0 Å². The van der Waals surface area contributed by atoms with E-state index in [1.54, 1.807) is 4.57 Å². The third-order valence-corrected chi connectivity index (χ3v) is 5.82. The Morgan fingerprint density at radius 3 is 2.78 bits per heavy atom. The Balaban J connectivity index is 1.56. The van der Waals surface area contributed by atoms with Crippen LogP contribution >= 0.6 is 11.8 Å². The van der Waals surface area contributed by atoms with E-state index >= 15 is 0 Å². The van der Waals surface area contributed by atoms with Crippen molar-refractivity contribution in [2.75, 3.05) is 38.6 Å². The number of hydrogen-bond donors (Lipinski definition) is 1. The molecule has 1 aromatic heterocycles. The lowest BCUT2D eigenvalue weighted by atomic mass is 10.1. The standard InChI is InChI=1S/C19H22N4O3S/c24-17(15-12-20-19-23(18(15)25)8-11-27-19)21-16(14-4-2-1-3-5-14)13-22-6-9-26-10-7-22/h1-5,12,16H,6-11,13H2,(H,21,24)/t16-/m1/s1. The van der Waals surface area contributed by atoms with E-state index in [9.17, 15) is 9.59 Å². The smallest absolute Gasteiger partial charge is 0.267 e. The minimum atomic E-state index is -0.373. The first-order chi connectivity index (χ1) is 13.2. The number of amides is 1. The van der Waals surface area contributed by atoms with Crippen LogP contribution in [0, 0.1) is 0 Å². The molecule has 1 N–H and O–H groups in total. The van der Waals surface area contributed by atoms with E-state index in [-0.39, 0.29) is 23.1 Å². The molecule has 0 aliphatic carbocycles. The van der Waals surface area contributed by atoms with E-state index in [4.69, 9.17) is 4.74 Å². The average molecular weight is 386 g/mol. The third-order valence-electron chi connectivity index (χ3n) is 4.85. The number of nitrogens with zero attached hydrogens (tertiary/aromatic N) is 3. The minimum Gasteiger partial charge on any atom is -0.379 e. The molecule has 2 aliphatic heterocycles. The fourth-order valence-electron chi connectivity index (χ4n) is 3.37. The number of nitrogens with one attached hydrogen (secondary N) is 1. The van der Waals surface area contributed by atoms with Crippen molar-refractivity contribution in [2.45, 2.75) is 17.7 Å². The van der Waals surface area contributed by atoms with Crippen molar-refractivity contribution in [3.8, 4) is 0 Å². The SMILES string of the molecule is O=C(N[C@H](CN1CCOCC1)c1ccccc1)c1cnc2n(c1=O)CCS2. The molecule has 0 spiro atoms. The lowest BCUT2D eigenvalue weighted by molar-refractivity contribution is 0.0332. The van der Waals surface area contributed by atoms with Gasteiger partial charge >= 0.3 is 0 Å². The summed E-state index contributed by atoms with van der Waals surface area (Å²) in [7, 11) is 0. The van der Waals surface area contributed by atoms with Crippen LogP contribution in [0.5, 0.6) is 0 Å². The van der Waals surface area contributed by atoms with Crippen LogP contribution in [0.1, 0.15) is 22.0 Å². The van der Waals surface area contributed by atoms with E-state index in [0.717, 1.165) is 24.4 Å². The number of ether oxygens (including phenoxy) is 1. The maximum Gasteiger partial charge on any atom is 0.267 e. The maximum atomic E-state index is 12.9. The average Bonchev–Trinajstić information content (AvgIpc) is 3.19. The molecule has 2 aliphatic rings. The summed E-state index contributed by atoms with van der Waals surface area (Å²) in [6.07, 6.45) is 1.40. The Bertz CT molecular complexity index is 865. The monoisotopic (exact) mass is 386 g/mol. The zero-order valence-electron chi connectivity index (χ0n) is 15.0. The summed E-state index contributed by atoms with van der Waals surface area (Å²) in [4.78, 5) is 32.1.